The molecule has 40 heavy (non-hydrogen) atoms. The first-order chi connectivity index (χ1) is 18.8. The maximum Gasteiger partial charge on any atom is 0.339 e. The van der Waals surface area contributed by atoms with Crippen LogP contribution in [0, 0.1) is 17.8 Å². The van der Waals surface area contributed by atoms with E-state index in [4.69, 9.17) is 23.2 Å². The molecule has 2 aromatic rings. The van der Waals surface area contributed by atoms with E-state index in [2.05, 4.69) is 0 Å². The summed E-state index contributed by atoms with van der Waals surface area (Å²) < 4.78 is 0. The van der Waals surface area contributed by atoms with Crippen LogP contribution >= 0.6 is 23.2 Å². The van der Waals surface area contributed by atoms with E-state index in [1.807, 2.05) is 0 Å². The number of rotatable bonds is 3. The van der Waals surface area contributed by atoms with Crippen LogP contribution in [0.15, 0.2) is 54.1 Å². The molecule has 3 N–H and O–H groups in total. The molecule has 2 aliphatic heterocycles. The Morgan fingerprint density at radius 3 is 2.30 bits per heavy atom. The van der Waals surface area contributed by atoms with Gasteiger partial charge in [0.2, 0.25) is 11.8 Å². The Morgan fingerprint density at radius 2 is 1.65 bits per heavy atom. The number of allylic oxidation sites excluding steroid dienone is 2. The molecule has 6 unspecified atom stereocenters. The van der Waals surface area contributed by atoms with Crippen molar-refractivity contribution >= 4 is 58.5 Å². The van der Waals surface area contributed by atoms with Crippen LogP contribution in [0.3, 0.4) is 0 Å². The van der Waals surface area contributed by atoms with Crippen molar-refractivity contribution in [2.45, 2.75) is 28.5 Å². The van der Waals surface area contributed by atoms with E-state index in [1.54, 1.807) is 24.3 Å². The van der Waals surface area contributed by atoms with Crippen molar-refractivity contribution in [1.82, 2.24) is 4.90 Å². The number of fused-ring (bicyclic) bond motifs is 4. The number of benzene rings is 2. The number of phenolic OH excluding ortho intramolecular Hbond substituents is 1. The Bertz CT molecular complexity index is 1590. The van der Waals surface area contributed by atoms with Crippen LogP contribution in [0.4, 0.5) is 5.69 Å². The average Bonchev–Trinajstić information content (AvgIpc) is 3.24. The molecule has 4 amide bonds. The van der Waals surface area contributed by atoms with E-state index in [0.717, 1.165) is 21.9 Å². The zero-order valence-electron chi connectivity index (χ0n) is 20.9. The summed E-state index contributed by atoms with van der Waals surface area (Å²) in [5.74, 6) is -8.47. The van der Waals surface area contributed by atoms with Gasteiger partial charge in [-0.15, -0.1) is 23.2 Å². The van der Waals surface area contributed by atoms with Gasteiger partial charge in [0, 0.05) is 24.6 Å². The first-order valence-corrected chi connectivity index (χ1v) is 13.2. The van der Waals surface area contributed by atoms with Gasteiger partial charge < -0.3 is 15.3 Å². The number of anilines is 1. The number of aromatic hydroxyl groups is 2. The van der Waals surface area contributed by atoms with Crippen molar-refractivity contribution in [3.05, 3.63) is 65.2 Å². The van der Waals surface area contributed by atoms with Crippen molar-refractivity contribution in [2.75, 3.05) is 11.9 Å². The summed E-state index contributed by atoms with van der Waals surface area (Å²) in [5.41, 5.74) is 0.396. The number of carbonyl (C=O) groups excluding carboxylic acids is 4. The predicted octanol–water partition coefficient (Wildman–Crippen LogP) is 2.99. The van der Waals surface area contributed by atoms with Gasteiger partial charge in [-0.2, -0.15) is 0 Å². The highest BCUT2D eigenvalue weighted by Gasteiger charge is 2.76. The molecule has 206 valence electrons. The fourth-order valence-electron chi connectivity index (χ4n) is 6.92. The maximum atomic E-state index is 13.9. The molecule has 10 nitrogen and oxygen atoms in total. The number of hydrogen-bond acceptors (Lipinski definition) is 7. The summed E-state index contributed by atoms with van der Waals surface area (Å²) in [5, 5.41) is 30.2. The number of alkyl halides is 2. The quantitative estimate of drug-likeness (QED) is 0.283. The molecular formula is C28H22Cl2N2O8. The molecule has 6 atom stereocenters. The van der Waals surface area contributed by atoms with E-state index in [0.29, 0.717) is 5.57 Å². The highest BCUT2D eigenvalue weighted by molar-refractivity contribution is 6.53. The van der Waals surface area contributed by atoms with Gasteiger partial charge >= 0.3 is 5.97 Å². The fraction of sp³-hybridized carbons (Fsp3) is 0.321. The lowest BCUT2D eigenvalue weighted by Crippen LogP contribution is -2.60. The van der Waals surface area contributed by atoms with Crippen LogP contribution in [0.25, 0.3) is 0 Å². The number of halogens is 2. The minimum absolute atomic E-state index is 0.000596. The fourth-order valence-corrected chi connectivity index (χ4v) is 7.93. The van der Waals surface area contributed by atoms with E-state index >= 15 is 0 Å². The van der Waals surface area contributed by atoms with Gasteiger partial charge in [0.1, 0.15) is 17.1 Å². The molecule has 12 heteroatoms. The predicted molar refractivity (Wildman–Crippen MR) is 141 cm³/mol. The summed E-state index contributed by atoms with van der Waals surface area (Å²) in [6.45, 7) is 0. The maximum absolute atomic E-state index is 13.9. The largest absolute Gasteiger partial charge is 0.508 e. The zero-order chi connectivity index (χ0) is 28.9. The van der Waals surface area contributed by atoms with Crippen molar-refractivity contribution in [2.24, 2.45) is 17.8 Å². The monoisotopic (exact) mass is 584 g/mol. The zero-order valence-corrected chi connectivity index (χ0v) is 22.4. The average molecular weight is 585 g/mol. The number of nitrogens with zero attached hydrogens (tertiary/aromatic N) is 2. The Labute approximate surface area is 237 Å². The van der Waals surface area contributed by atoms with Crippen molar-refractivity contribution in [3.8, 4) is 11.5 Å². The van der Waals surface area contributed by atoms with Gasteiger partial charge in [-0.1, -0.05) is 29.8 Å². The molecule has 0 spiro atoms. The summed E-state index contributed by atoms with van der Waals surface area (Å²) >= 11 is 14.1. The van der Waals surface area contributed by atoms with Gasteiger partial charge in [0.05, 0.1) is 17.5 Å². The van der Waals surface area contributed by atoms with Crippen LogP contribution in [0.2, 0.25) is 0 Å². The number of carboxylic acid groups (broad SMARTS) is 1. The Morgan fingerprint density at radius 1 is 0.950 bits per heavy atom. The highest BCUT2D eigenvalue weighted by Crippen LogP contribution is 2.66. The third kappa shape index (κ3) is 3.14. The number of phenols is 2. The standard InChI is InChI=1S/C28H22Cl2N2O8/c1-31-25(39)27(29)11-17-13(21(28(27,30)26(31)40)14-4-2-3-5-18(14)33)8-9-16-20(17)23(36)32(22(16)35)12-6-7-15(24(37)38)19(34)10-12/h2-8,10,16-17,20-21,33-34H,9,11H2,1H3,(H,37,38). The number of carboxylic acids is 1. The number of carbonyl (C=O) groups is 5. The lowest BCUT2D eigenvalue weighted by atomic mass is 9.56. The SMILES string of the molecule is CN1C(=O)C2(Cl)CC3C(=CCC4C(=O)N(c5ccc(C(=O)O)c(O)c5)C(=O)C43)C(c3ccccc3O)C2(Cl)C1=O. The number of para-hydroxylation sites is 1. The smallest absolute Gasteiger partial charge is 0.339 e. The third-order valence-electron chi connectivity index (χ3n) is 8.73. The van der Waals surface area contributed by atoms with Crippen LogP contribution in [-0.4, -0.2) is 66.6 Å². The number of imide groups is 2. The molecule has 4 aliphatic rings. The molecule has 1 saturated carbocycles. The van der Waals surface area contributed by atoms with Crippen molar-refractivity contribution < 1.29 is 39.3 Å². The van der Waals surface area contributed by atoms with E-state index in [1.165, 1.54) is 19.2 Å². The topological polar surface area (TPSA) is 153 Å². The highest BCUT2D eigenvalue weighted by atomic mass is 35.5. The Balaban J connectivity index is 1.49. The van der Waals surface area contributed by atoms with Gasteiger partial charge in [0.15, 0.2) is 9.75 Å². The normalized spacial score (nSPS) is 33.0. The summed E-state index contributed by atoms with van der Waals surface area (Å²) in [7, 11) is 1.28. The number of aromatic carboxylic acids is 1. The molecule has 2 saturated heterocycles. The van der Waals surface area contributed by atoms with E-state index < -0.39 is 74.3 Å². The molecule has 0 radical (unpaired) electrons. The Kier molecular flexibility index (Phi) is 5.63. The van der Waals surface area contributed by atoms with Crippen LogP contribution in [-0.2, 0) is 19.2 Å². The van der Waals surface area contributed by atoms with Crippen LogP contribution in [0.1, 0.15) is 34.7 Å². The number of likely N-dealkylation sites (tertiary alicyclic amines) is 1. The van der Waals surface area contributed by atoms with E-state index in [-0.39, 0.29) is 29.8 Å². The van der Waals surface area contributed by atoms with Gasteiger partial charge in [0.25, 0.3) is 11.8 Å². The molecule has 6 rings (SSSR count). The van der Waals surface area contributed by atoms with Gasteiger partial charge in [-0.05, 0) is 37.0 Å². The molecular weight excluding hydrogens is 563 g/mol. The molecule has 2 heterocycles. The molecule has 0 aromatic heterocycles. The van der Waals surface area contributed by atoms with Crippen molar-refractivity contribution in [1.29, 1.82) is 0 Å². The second-order valence-corrected chi connectivity index (χ2v) is 11.8. The minimum atomic E-state index is -2.00. The summed E-state index contributed by atoms with van der Waals surface area (Å²) in [6, 6.07) is 9.64. The number of amides is 4. The third-order valence-corrected chi connectivity index (χ3v) is 10.1. The van der Waals surface area contributed by atoms with E-state index in [9.17, 15) is 39.3 Å². The second-order valence-electron chi connectivity index (χ2n) is 10.6. The summed E-state index contributed by atoms with van der Waals surface area (Å²) in [4.78, 5) is 63.5. The van der Waals surface area contributed by atoms with Crippen molar-refractivity contribution in [3.63, 3.8) is 0 Å². The van der Waals surface area contributed by atoms with Gasteiger partial charge in [-0.25, -0.2) is 9.69 Å². The minimum Gasteiger partial charge on any atom is -0.508 e. The molecule has 0 bridgehead atoms. The molecule has 2 aromatic carbocycles. The van der Waals surface area contributed by atoms with Crippen LogP contribution in [0.5, 0.6) is 11.5 Å². The lowest BCUT2D eigenvalue weighted by Gasteiger charge is -2.50. The first kappa shape index (κ1) is 26.3. The second kappa shape index (κ2) is 8.55. The molecule has 3 fully saturated rings. The van der Waals surface area contributed by atoms with Gasteiger partial charge in [-0.3, -0.25) is 24.1 Å². The molecule has 2 aliphatic carbocycles. The van der Waals surface area contributed by atoms with Crippen LogP contribution < -0.4 is 4.90 Å². The Hall–Kier alpha value is -3.89. The summed E-state index contributed by atoms with van der Waals surface area (Å²) in [6.07, 6.45) is 1.64. The lowest BCUT2D eigenvalue weighted by molar-refractivity contribution is -0.138. The number of hydrogen-bond donors (Lipinski definition) is 3. The first-order valence-electron chi connectivity index (χ1n) is 12.5.